The van der Waals surface area contributed by atoms with Gasteiger partial charge in [-0.15, -0.1) is 21.5 Å². The van der Waals surface area contributed by atoms with Gasteiger partial charge in [-0.25, -0.2) is 4.40 Å². The molecule has 3 aromatic heterocycles. The zero-order valence-corrected chi connectivity index (χ0v) is 19.0. The Balaban J connectivity index is 1.59. The first-order chi connectivity index (χ1) is 14.5. The van der Waals surface area contributed by atoms with Crippen molar-refractivity contribution in [3.63, 3.8) is 0 Å². The molecule has 0 radical (unpaired) electrons. The van der Waals surface area contributed by atoms with Crippen molar-refractivity contribution >= 4 is 39.1 Å². The van der Waals surface area contributed by atoms with Crippen molar-refractivity contribution < 1.29 is 4.74 Å². The van der Waals surface area contributed by atoms with Gasteiger partial charge < -0.3 is 4.74 Å². The van der Waals surface area contributed by atoms with E-state index in [0.717, 1.165) is 50.8 Å². The van der Waals surface area contributed by atoms with Crippen LogP contribution < -0.4 is 5.56 Å². The van der Waals surface area contributed by atoms with Crippen LogP contribution in [0.25, 0.3) is 16.0 Å². The number of benzene rings is 1. The molecule has 0 N–H and O–H groups in total. The Morgan fingerprint density at radius 2 is 2.07 bits per heavy atom. The molecule has 0 saturated heterocycles. The Kier molecular flexibility index (Phi) is 4.95. The van der Waals surface area contributed by atoms with E-state index in [4.69, 9.17) is 4.74 Å². The minimum absolute atomic E-state index is 0.00332. The second-order valence-corrected chi connectivity index (χ2v) is 10.2. The second kappa shape index (κ2) is 7.51. The Labute approximate surface area is 182 Å². The second-order valence-electron chi connectivity index (χ2n) is 8.02. The van der Waals surface area contributed by atoms with Crippen LogP contribution in [0.2, 0.25) is 0 Å². The molecule has 1 aliphatic heterocycles. The standard InChI is InChI=1S/C22H24N4O2S2/c1-4-22(2)12-15-16(13-28-22)30-19-17(15)18(27)25(3)20-23-24-21(26(19)20)29-11-10-14-8-6-5-7-9-14/h5-9H,4,10-13H2,1-3H3/t22-/m0/s1. The third-order valence-electron chi connectivity index (χ3n) is 6.03. The zero-order valence-electron chi connectivity index (χ0n) is 17.3. The highest BCUT2D eigenvalue weighted by Gasteiger charge is 2.33. The predicted molar refractivity (Wildman–Crippen MR) is 122 cm³/mol. The van der Waals surface area contributed by atoms with E-state index in [1.807, 2.05) is 6.07 Å². The van der Waals surface area contributed by atoms with Crippen molar-refractivity contribution in [1.82, 2.24) is 19.2 Å². The van der Waals surface area contributed by atoms with Crippen LogP contribution >= 0.6 is 23.1 Å². The molecule has 4 heterocycles. The minimum Gasteiger partial charge on any atom is -0.369 e. The van der Waals surface area contributed by atoms with E-state index < -0.39 is 0 Å². The molecule has 0 spiro atoms. The lowest BCUT2D eigenvalue weighted by Gasteiger charge is -2.32. The van der Waals surface area contributed by atoms with Crippen molar-refractivity contribution in [2.45, 2.75) is 50.5 Å². The predicted octanol–water partition coefficient (Wildman–Crippen LogP) is 4.22. The lowest BCUT2D eigenvalue weighted by atomic mass is 9.90. The summed E-state index contributed by atoms with van der Waals surface area (Å²) in [6, 6.07) is 10.4. The number of hydrogen-bond acceptors (Lipinski definition) is 6. The highest BCUT2D eigenvalue weighted by Crippen LogP contribution is 2.39. The molecule has 30 heavy (non-hydrogen) atoms. The highest BCUT2D eigenvalue weighted by atomic mass is 32.2. The molecule has 4 aromatic rings. The Morgan fingerprint density at radius 3 is 2.83 bits per heavy atom. The molecule has 156 valence electrons. The number of thiophene rings is 1. The molecule has 0 bridgehead atoms. The first kappa shape index (κ1) is 19.8. The molecule has 0 unspecified atom stereocenters. The number of thioether (sulfide) groups is 1. The maximum absolute atomic E-state index is 13.2. The van der Waals surface area contributed by atoms with Gasteiger partial charge in [-0.05, 0) is 30.9 Å². The van der Waals surface area contributed by atoms with Crippen LogP contribution in [0.4, 0.5) is 0 Å². The molecule has 0 aliphatic carbocycles. The van der Waals surface area contributed by atoms with Crippen molar-refractivity contribution in [3.05, 3.63) is 56.7 Å². The van der Waals surface area contributed by atoms with Gasteiger partial charge in [0.05, 0.1) is 17.6 Å². The van der Waals surface area contributed by atoms with E-state index in [1.165, 1.54) is 5.56 Å². The van der Waals surface area contributed by atoms with E-state index >= 15 is 0 Å². The van der Waals surface area contributed by atoms with E-state index in [2.05, 4.69) is 52.7 Å². The van der Waals surface area contributed by atoms with Gasteiger partial charge in [-0.3, -0.25) is 9.36 Å². The maximum Gasteiger partial charge on any atom is 0.263 e. The summed E-state index contributed by atoms with van der Waals surface area (Å²) in [7, 11) is 1.78. The fraction of sp³-hybridized carbons (Fsp3) is 0.409. The van der Waals surface area contributed by atoms with Gasteiger partial charge in [-0.2, -0.15) is 0 Å². The summed E-state index contributed by atoms with van der Waals surface area (Å²) in [5, 5.41) is 10.4. The van der Waals surface area contributed by atoms with Crippen LogP contribution in [0.3, 0.4) is 0 Å². The Bertz CT molecular complexity index is 1290. The zero-order chi connectivity index (χ0) is 20.9. The van der Waals surface area contributed by atoms with Gasteiger partial charge in [-0.1, -0.05) is 49.0 Å². The highest BCUT2D eigenvalue weighted by molar-refractivity contribution is 7.99. The smallest absolute Gasteiger partial charge is 0.263 e. The average Bonchev–Trinajstić information content (AvgIpc) is 3.34. The van der Waals surface area contributed by atoms with Gasteiger partial charge in [0, 0.05) is 24.1 Å². The molecule has 1 aliphatic rings. The molecule has 0 amide bonds. The topological polar surface area (TPSA) is 61.4 Å². The quantitative estimate of drug-likeness (QED) is 0.435. The lowest BCUT2D eigenvalue weighted by Crippen LogP contribution is -2.34. The van der Waals surface area contributed by atoms with Gasteiger partial charge in [0.1, 0.15) is 4.83 Å². The van der Waals surface area contributed by atoms with E-state index in [9.17, 15) is 4.79 Å². The average molecular weight is 441 g/mol. The van der Waals surface area contributed by atoms with E-state index in [1.54, 1.807) is 34.7 Å². The number of rotatable bonds is 5. The van der Waals surface area contributed by atoms with Crippen molar-refractivity contribution in [1.29, 1.82) is 0 Å². The molecule has 5 rings (SSSR count). The molecule has 1 aromatic carbocycles. The Morgan fingerprint density at radius 1 is 1.27 bits per heavy atom. The number of nitrogens with zero attached hydrogens (tertiary/aromatic N) is 4. The first-order valence-electron chi connectivity index (χ1n) is 10.2. The maximum atomic E-state index is 13.2. The molecule has 8 heteroatoms. The van der Waals surface area contributed by atoms with E-state index in [-0.39, 0.29) is 11.2 Å². The van der Waals surface area contributed by atoms with Gasteiger partial charge in [0.25, 0.3) is 5.56 Å². The fourth-order valence-corrected chi connectivity index (χ4v) is 6.18. The van der Waals surface area contributed by atoms with Gasteiger partial charge >= 0.3 is 0 Å². The third kappa shape index (κ3) is 3.18. The van der Waals surface area contributed by atoms with Gasteiger partial charge in [0.15, 0.2) is 5.16 Å². The van der Waals surface area contributed by atoms with Gasteiger partial charge in [0.2, 0.25) is 5.78 Å². The number of hydrogen-bond donors (Lipinski definition) is 0. The van der Waals surface area contributed by atoms with Crippen LogP contribution in [0.1, 0.15) is 36.3 Å². The number of aryl methyl sites for hydroxylation is 2. The number of ether oxygens (including phenoxy) is 1. The third-order valence-corrected chi connectivity index (χ3v) is 8.15. The summed E-state index contributed by atoms with van der Waals surface area (Å²) in [6.45, 7) is 4.82. The largest absolute Gasteiger partial charge is 0.369 e. The summed E-state index contributed by atoms with van der Waals surface area (Å²) in [5.74, 6) is 1.49. The summed E-state index contributed by atoms with van der Waals surface area (Å²) >= 11 is 3.32. The van der Waals surface area contributed by atoms with Crippen LogP contribution in [0.5, 0.6) is 0 Å². The summed E-state index contributed by atoms with van der Waals surface area (Å²) in [5.41, 5.74) is 2.23. The summed E-state index contributed by atoms with van der Waals surface area (Å²) in [4.78, 5) is 15.3. The van der Waals surface area contributed by atoms with Crippen molar-refractivity contribution in [3.8, 4) is 0 Å². The fourth-order valence-electron chi connectivity index (χ4n) is 3.99. The normalized spacial score (nSPS) is 18.9. The van der Waals surface area contributed by atoms with Crippen LogP contribution in [-0.2, 0) is 31.2 Å². The number of fused-ring (bicyclic) bond motifs is 5. The van der Waals surface area contributed by atoms with Crippen molar-refractivity contribution in [2.75, 3.05) is 5.75 Å². The molecular weight excluding hydrogens is 416 g/mol. The van der Waals surface area contributed by atoms with Crippen LogP contribution in [-0.4, -0.2) is 30.5 Å². The number of aromatic nitrogens is 4. The molecular formula is C22H24N4O2S2. The minimum atomic E-state index is -0.221. The molecule has 0 saturated carbocycles. The monoisotopic (exact) mass is 440 g/mol. The van der Waals surface area contributed by atoms with Crippen molar-refractivity contribution in [2.24, 2.45) is 7.05 Å². The SMILES string of the molecule is CC[C@@]1(C)Cc2c(sc3c2c(=O)n(C)c2nnc(SCCc4ccccc4)n32)CO1. The molecule has 0 fully saturated rings. The molecule has 1 atom stereocenters. The first-order valence-corrected chi connectivity index (χ1v) is 12.0. The van der Waals surface area contributed by atoms with E-state index in [0.29, 0.717) is 12.4 Å². The summed E-state index contributed by atoms with van der Waals surface area (Å²) < 4.78 is 9.82. The molecule has 6 nitrogen and oxygen atoms in total. The lowest BCUT2D eigenvalue weighted by molar-refractivity contribution is -0.0543. The summed E-state index contributed by atoms with van der Waals surface area (Å²) in [6.07, 6.45) is 2.64. The van der Waals surface area contributed by atoms with Crippen LogP contribution in [0, 0.1) is 0 Å². The van der Waals surface area contributed by atoms with Crippen LogP contribution in [0.15, 0.2) is 40.3 Å². The Hall–Kier alpha value is -2.16.